The third kappa shape index (κ3) is 7.82. The van der Waals surface area contributed by atoms with Gasteiger partial charge in [0.05, 0.1) is 6.61 Å². The van der Waals surface area contributed by atoms with Crippen LogP contribution in [0.3, 0.4) is 0 Å². The molecule has 0 amide bonds. The molecule has 1 rings (SSSR count). The average Bonchev–Trinajstić information content (AvgIpc) is 2.72. The minimum Gasteiger partial charge on any atom is -0.504 e. The Labute approximate surface area is 182 Å². The van der Waals surface area contributed by atoms with Crippen LogP contribution in [0, 0.1) is 0 Å². The number of aromatic carboxylic acids is 1. The predicted octanol–water partition coefficient (Wildman–Crippen LogP) is 7.01. The Morgan fingerprint density at radius 2 is 1.23 bits per heavy atom. The van der Waals surface area contributed by atoms with Crippen molar-refractivity contribution >= 4 is 5.97 Å². The van der Waals surface area contributed by atoms with Gasteiger partial charge in [0.25, 0.3) is 0 Å². The maximum atomic E-state index is 12.2. The molecule has 0 saturated carbocycles. The van der Waals surface area contributed by atoms with E-state index in [1.54, 1.807) is 0 Å². The van der Waals surface area contributed by atoms with E-state index in [4.69, 9.17) is 9.78 Å². The molecule has 1 aromatic rings. The maximum absolute atomic E-state index is 12.2. The van der Waals surface area contributed by atoms with E-state index in [0.29, 0.717) is 13.0 Å². The highest BCUT2D eigenvalue weighted by molar-refractivity contribution is 5.94. The van der Waals surface area contributed by atoms with Crippen molar-refractivity contribution < 1.29 is 24.8 Å². The zero-order valence-electron chi connectivity index (χ0n) is 19.5. The average molecular weight is 423 g/mol. The van der Waals surface area contributed by atoms with E-state index in [1.165, 1.54) is 0 Å². The minimum absolute atomic E-state index is 0.00746. The molecule has 5 nitrogen and oxygen atoms in total. The fourth-order valence-corrected chi connectivity index (χ4v) is 3.87. The van der Waals surface area contributed by atoms with E-state index in [0.717, 1.165) is 93.7 Å². The molecule has 0 unspecified atom stereocenters. The summed E-state index contributed by atoms with van der Waals surface area (Å²) in [7, 11) is 0. The highest BCUT2D eigenvalue weighted by Gasteiger charge is 2.28. The molecule has 0 bridgehead atoms. The molecule has 0 radical (unpaired) electrons. The van der Waals surface area contributed by atoms with Gasteiger partial charge in [-0.1, -0.05) is 66.2 Å². The van der Waals surface area contributed by atoms with Crippen molar-refractivity contribution in [3.63, 3.8) is 0 Å². The van der Waals surface area contributed by atoms with E-state index in [-0.39, 0.29) is 17.1 Å². The maximum Gasteiger partial charge on any atom is 0.339 e. The monoisotopic (exact) mass is 422 g/mol. The summed E-state index contributed by atoms with van der Waals surface area (Å²) in [6.45, 7) is 8.82. The van der Waals surface area contributed by atoms with Gasteiger partial charge in [0.15, 0.2) is 5.75 Å². The SMILES string of the molecule is CCCCCc1c(CCCCC)c(OOCCC)c(O)c(C(=O)O)c1CCCCC. The fourth-order valence-electron chi connectivity index (χ4n) is 3.87. The van der Waals surface area contributed by atoms with Crippen LogP contribution in [0.5, 0.6) is 11.5 Å². The van der Waals surface area contributed by atoms with Gasteiger partial charge in [0, 0.05) is 5.56 Å². The van der Waals surface area contributed by atoms with Crippen molar-refractivity contribution in [2.24, 2.45) is 0 Å². The lowest BCUT2D eigenvalue weighted by molar-refractivity contribution is -0.207. The molecule has 172 valence electrons. The number of hydrogen-bond acceptors (Lipinski definition) is 4. The van der Waals surface area contributed by atoms with Gasteiger partial charge in [-0.15, -0.1) is 0 Å². The van der Waals surface area contributed by atoms with E-state index in [1.807, 2.05) is 6.92 Å². The summed E-state index contributed by atoms with van der Waals surface area (Å²) in [5.74, 6) is -1.17. The topological polar surface area (TPSA) is 76.0 Å². The number of rotatable bonds is 17. The van der Waals surface area contributed by atoms with Gasteiger partial charge in [-0.05, 0) is 56.1 Å². The smallest absolute Gasteiger partial charge is 0.339 e. The first-order valence-corrected chi connectivity index (χ1v) is 11.9. The lowest BCUT2D eigenvalue weighted by Gasteiger charge is -2.22. The van der Waals surface area contributed by atoms with Crippen LogP contribution in [0.4, 0.5) is 0 Å². The van der Waals surface area contributed by atoms with Gasteiger partial charge in [0.2, 0.25) is 5.75 Å². The Bertz CT molecular complexity index is 639. The second kappa shape index (κ2) is 15.1. The molecular weight excluding hydrogens is 380 g/mol. The number of unbranched alkanes of at least 4 members (excludes halogenated alkanes) is 6. The molecule has 0 fully saturated rings. The van der Waals surface area contributed by atoms with E-state index in [9.17, 15) is 15.0 Å². The van der Waals surface area contributed by atoms with Gasteiger partial charge in [-0.3, -0.25) is 0 Å². The standard InChI is InChI=1S/C25H42O5/c1-5-9-12-15-19-20(16-13-10-6-2)22(25(27)28)23(26)24(30-29-18-8-4)21(19)17-14-11-7-3/h26H,5-18H2,1-4H3,(H,27,28). The lowest BCUT2D eigenvalue weighted by atomic mass is 9.86. The van der Waals surface area contributed by atoms with Crippen molar-refractivity contribution in [1.82, 2.24) is 0 Å². The summed E-state index contributed by atoms with van der Waals surface area (Å²) < 4.78 is 0. The Morgan fingerprint density at radius 1 is 0.733 bits per heavy atom. The van der Waals surface area contributed by atoms with Crippen LogP contribution in [0.1, 0.15) is 119 Å². The fraction of sp³-hybridized carbons (Fsp3) is 0.720. The summed E-state index contributed by atoms with van der Waals surface area (Å²) in [4.78, 5) is 23.0. The lowest BCUT2D eigenvalue weighted by Crippen LogP contribution is -2.13. The molecule has 1 aromatic carbocycles. The second-order valence-corrected chi connectivity index (χ2v) is 8.07. The molecule has 2 N–H and O–H groups in total. The second-order valence-electron chi connectivity index (χ2n) is 8.07. The van der Waals surface area contributed by atoms with E-state index < -0.39 is 5.97 Å². The summed E-state index contributed by atoms with van der Waals surface area (Å²) in [5.41, 5.74) is 2.77. The molecule has 30 heavy (non-hydrogen) atoms. The number of carboxylic acid groups (broad SMARTS) is 1. The summed E-state index contributed by atoms with van der Waals surface area (Å²) in [6, 6.07) is 0. The molecule has 5 heteroatoms. The molecule has 0 atom stereocenters. The zero-order chi connectivity index (χ0) is 22.4. The quantitative estimate of drug-likeness (QED) is 0.160. The van der Waals surface area contributed by atoms with Crippen LogP contribution in [0.15, 0.2) is 0 Å². The Balaban J connectivity index is 3.56. The van der Waals surface area contributed by atoms with Crippen LogP contribution in [-0.2, 0) is 24.2 Å². The van der Waals surface area contributed by atoms with Gasteiger partial charge in [0.1, 0.15) is 5.56 Å². The number of hydrogen-bond donors (Lipinski definition) is 2. The first kappa shape index (κ1) is 26.3. The van der Waals surface area contributed by atoms with Crippen LogP contribution in [0.25, 0.3) is 0 Å². The van der Waals surface area contributed by atoms with Gasteiger partial charge >= 0.3 is 5.97 Å². The molecule has 0 aliphatic carbocycles. The Hall–Kier alpha value is -1.75. The van der Waals surface area contributed by atoms with Crippen molar-refractivity contribution in [3.8, 4) is 11.5 Å². The third-order valence-corrected chi connectivity index (χ3v) is 5.49. The Kier molecular flexibility index (Phi) is 13.2. The van der Waals surface area contributed by atoms with E-state index >= 15 is 0 Å². The van der Waals surface area contributed by atoms with Crippen LogP contribution < -0.4 is 4.89 Å². The molecule has 0 saturated heterocycles. The summed E-state index contributed by atoms with van der Waals surface area (Å²) in [6.07, 6.45) is 12.4. The molecule has 0 aliphatic rings. The van der Waals surface area contributed by atoms with Gasteiger partial charge < -0.3 is 15.1 Å². The third-order valence-electron chi connectivity index (χ3n) is 5.49. The van der Waals surface area contributed by atoms with Crippen LogP contribution in [-0.4, -0.2) is 22.8 Å². The van der Waals surface area contributed by atoms with Crippen molar-refractivity contribution in [2.45, 2.75) is 111 Å². The number of aromatic hydroxyl groups is 1. The summed E-state index contributed by atoms with van der Waals surface area (Å²) in [5, 5.41) is 20.9. The molecule has 0 spiro atoms. The molecule has 0 aromatic heterocycles. The normalized spacial score (nSPS) is 11.1. The summed E-state index contributed by atoms with van der Waals surface area (Å²) >= 11 is 0. The largest absolute Gasteiger partial charge is 0.504 e. The van der Waals surface area contributed by atoms with Crippen LogP contribution in [0.2, 0.25) is 0 Å². The molecular formula is C25H42O5. The van der Waals surface area contributed by atoms with Gasteiger partial charge in [-0.25, -0.2) is 4.79 Å². The zero-order valence-corrected chi connectivity index (χ0v) is 19.5. The minimum atomic E-state index is -1.10. The molecule has 0 heterocycles. The first-order valence-electron chi connectivity index (χ1n) is 11.9. The van der Waals surface area contributed by atoms with Crippen LogP contribution >= 0.6 is 0 Å². The number of benzene rings is 1. The highest BCUT2D eigenvalue weighted by atomic mass is 17.2. The predicted molar refractivity (Wildman–Crippen MR) is 122 cm³/mol. The highest BCUT2D eigenvalue weighted by Crippen LogP contribution is 2.42. The van der Waals surface area contributed by atoms with E-state index in [2.05, 4.69) is 20.8 Å². The van der Waals surface area contributed by atoms with Gasteiger partial charge in [-0.2, -0.15) is 4.89 Å². The van der Waals surface area contributed by atoms with Crippen molar-refractivity contribution in [3.05, 3.63) is 22.3 Å². The van der Waals surface area contributed by atoms with Crippen molar-refractivity contribution in [1.29, 1.82) is 0 Å². The molecule has 0 aliphatic heterocycles. The van der Waals surface area contributed by atoms with Crippen molar-refractivity contribution in [2.75, 3.05) is 6.61 Å². The first-order chi connectivity index (χ1) is 14.5. The number of carboxylic acids is 1. The number of carbonyl (C=O) groups is 1. The Morgan fingerprint density at radius 3 is 1.70 bits per heavy atom. The number of phenols is 1.